The lowest BCUT2D eigenvalue weighted by atomic mass is 10.1. The van der Waals surface area contributed by atoms with E-state index in [9.17, 15) is 9.18 Å². The Bertz CT molecular complexity index is 1130. The van der Waals surface area contributed by atoms with Crippen LogP contribution in [-0.4, -0.2) is 53.7 Å². The third-order valence-corrected chi connectivity index (χ3v) is 5.92. The number of rotatable bonds is 5. The van der Waals surface area contributed by atoms with E-state index in [-0.39, 0.29) is 11.7 Å². The van der Waals surface area contributed by atoms with Crippen molar-refractivity contribution in [3.63, 3.8) is 0 Å². The van der Waals surface area contributed by atoms with Crippen LogP contribution in [0.4, 0.5) is 10.1 Å². The number of imidazole rings is 1. The molecule has 0 atom stereocenters. The molecule has 4 rings (SSSR count). The van der Waals surface area contributed by atoms with Gasteiger partial charge in [0, 0.05) is 11.8 Å². The normalized spacial score (nSPS) is 15.5. The molecular weight excluding hydrogens is 395 g/mol. The minimum absolute atomic E-state index is 0.268. The summed E-state index contributed by atoms with van der Waals surface area (Å²) in [7, 11) is 0. The number of pyridine rings is 1. The van der Waals surface area contributed by atoms with Crippen molar-refractivity contribution in [2.45, 2.75) is 20.8 Å². The van der Waals surface area contributed by atoms with Crippen molar-refractivity contribution in [3.05, 3.63) is 65.4 Å². The number of benzene rings is 1. The fraction of sp³-hybridized carbons (Fsp3) is 0.348. The second kappa shape index (κ2) is 8.85. The topological polar surface area (TPSA) is 66.4 Å². The van der Waals surface area contributed by atoms with Crippen LogP contribution in [0, 0.1) is 12.7 Å². The number of aromatic nitrogens is 2. The van der Waals surface area contributed by atoms with Gasteiger partial charge in [0.15, 0.2) is 0 Å². The molecule has 8 heteroatoms. The number of hydrazone groups is 1. The van der Waals surface area contributed by atoms with E-state index in [2.05, 4.69) is 27.3 Å². The van der Waals surface area contributed by atoms with Gasteiger partial charge >= 0.3 is 0 Å². The van der Waals surface area contributed by atoms with Gasteiger partial charge in [-0.05, 0) is 45.0 Å². The highest BCUT2D eigenvalue weighted by molar-refractivity contribution is 6.01. The van der Waals surface area contributed by atoms with E-state index in [0.29, 0.717) is 34.0 Å². The first-order valence-corrected chi connectivity index (χ1v) is 10.6. The number of hydrogen-bond donors (Lipinski definition) is 2. The van der Waals surface area contributed by atoms with Crippen molar-refractivity contribution in [1.29, 1.82) is 0 Å². The third kappa shape index (κ3) is 4.29. The largest absolute Gasteiger partial charge is 0.358 e. The van der Waals surface area contributed by atoms with Crippen LogP contribution >= 0.6 is 0 Å². The van der Waals surface area contributed by atoms with Crippen molar-refractivity contribution in [1.82, 2.24) is 14.8 Å². The molecule has 1 saturated heterocycles. The molecular formula is C23H28FN6O+. The summed E-state index contributed by atoms with van der Waals surface area (Å²) < 4.78 is 16.5. The predicted molar refractivity (Wildman–Crippen MR) is 119 cm³/mol. The Morgan fingerprint density at radius 3 is 2.74 bits per heavy atom. The number of amides is 1. The smallest absolute Gasteiger partial charge is 0.290 e. The molecule has 0 aliphatic carbocycles. The second-order valence-corrected chi connectivity index (χ2v) is 7.87. The SMILES string of the molecule is CC[NH+]1CCN(c2ccc(/C(C)=N\NC(=O)c3c(C)nc4ccccn34)cc2F)CC1. The molecule has 0 spiro atoms. The maximum Gasteiger partial charge on any atom is 0.290 e. The summed E-state index contributed by atoms with van der Waals surface area (Å²) in [6.45, 7) is 10.6. The van der Waals surface area contributed by atoms with Gasteiger partial charge < -0.3 is 9.80 Å². The van der Waals surface area contributed by atoms with Crippen molar-refractivity contribution >= 4 is 23.0 Å². The highest BCUT2D eigenvalue weighted by Gasteiger charge is 2.21. The Balaban J connectivity index is 1.48. The zero-order valence-electron chi connectivity index (χ0n) is 18.2. The first kappa shape index (κ1) is 21.0. The number of carbonyl (C=O) groups is 1. The average Bonchev–Trinajstić information content (AvgIpc) is 3.13. The molecule has 0 unspecified atom stereocenters. The zero-order valence-corrected chi connectivity index (χ0v) is 18.2. The van der Waals surface area contributed by atoms with Gasteiger partial charge in [0.2, 0.25) is 0 Å². The maximum atomic E-state index is 14.8. The molecule has 1 aliphatic rings. The molecule has 2 aromatic heterocycles. The lowest BCUT2D eigenvalue weighted by molar-refractivity contribution is -0.898. The molecule has 0 saturated carbocycles. The molecule has 162 valence electrons. The van der Waals surface area contributed by atoms with Gasteiger partial charge in [0.25, 0.3) is 5.91 Å². The quantitative estimate of drug-likeness (QED) is 0.485. The van der Waals surface area contributed by atoms with Crippen LogP contribution in [0.25, 0.3) is 5.65 Å². The summed E-state index contributed by atoms with van der Waals surface area (Å²) in [6.07, 6.45) is 1.79. The number of hydrogen-bond acceptors (Lipinski definition) is 4. The molecule has 1 aromatic carbocycles. The number of likely N-dealkylation sites (N-methyl/N-ethyl adjacent to an activating group) is 1. The van der Waals surface area contributed by atoms with E-state index in [1.54, 1.807) is 35.4 Å². The van der Waals surface area contributed by atoms with Gasteiger partial charge in [0.05, 0.1) is 49.8 Å². The molecule has 1 aliphatic heterocycles. The van der Waals surface area contributed by atoms with Gasteiger partial charge in [0.1, 0.15) is 17.2 Å². The van der Waals surface area contributed by atoms with Gasteiger partial charge in [-0.3, -0.25) is 9.20 Å². The minimum Gasteiger partial charge on any atom is -0.358 e. The zero-order chi connectivity index (χ0) is 22.0. The van der Waals surface area contributed by atoms with E-state index < -0.39 is 0 Å². The van der Waals surface area contributed by atoms with Crippen molar-refractivity contribution < 1.29 is 14.1 Å². The van der Waals surface area contributed by atoms with Crippen LogP contribution in [0.3, 0.4) is 0 Å². The van der Waals surface area contributed by atoms with E-state index in [1.807, 2.05) is 24.3 Å². The Hall–Kier alpha value is -3.26. The van der Waals surface area contributed by atoms with Crippen LogP contribution < -0.4 is 15.2 Å². The van der Waals surface area contributed by atoms with E-state index >= 15 is 0 Å². The molecule has 31 heavy (non-hydrogen) atoms. The summed E-state index contributed by atoms with van der Waals surface area (Å²) in [5.41, 5.74) is 6.12. The number of aryl methyl sites for hydroxylation is 1. The van der Waals surface area contributed by atoms with Gasteiger partial charge in [-0.25, -0.2) is 14.8 Å². The number of piperazine rings is 1. The van der Waals surface area contributed by atoms with E-state index in [0.717, 1.165) is 32.7 Å². The molecule has 3 aromatic rings. The Morgan fingerprint density at radius 1 is 1.26 bits per heavy atom. The van der Waals surface area contributed by atoms with Crippen LogP contribution in [-0.2, 0) is 0 Å². The lowest BCUT2D eigenvalue weighted by Crippen LogP contribution is -3.14. The maximum absolute atomic E-state index is 14.8. The van der Waals surface area contributed by atoms with Crippen LogP contribution in [0.1, 0.15) is 35.6 Å². The lowest BCUT2D eigenvalue weighted by Gasteiger charge is -2.33. The number of anilines is 1. The molecule has 1 fully saturated rings. The van der Waals surface area contributed by atoms with Gasteiger partial charge in [-0.15, -0.1) is 0 Å². The number of nitrogens with one attached hydrogen (secondary N) is 2. The molecule has 2 N–H and O–H groups in total. The monoisotopic (exact) mass is 423 g/mol. The number of halogens is 1. The molecule has 1 amide bonds. The van der Waals surface area contributed by atoms with Crippen molar-refractivity contribution in [3.8, 4) is 0 Å². The molecule has 3 heterocycles. The van der Waals surface area contributed by atoms with Crippen LogP contribution in [0.2, 0.25) is 0 Å². The van der Waals surface area contributed by atoms with Gasteiger partial charge in [-0.1, -0.05) is 12.1 Å². The highest BCUT2D eigenvalue weighted by atomic mass is 19.1. The third-order valence-electron chi connectivity index (χ3n) is 5.92. The Morgan fingerprint density at radius 2 is 2.03 bits per heavy atom. The Kier molecular flexibility index (Phi) is 5.99. The number of fused-ring (bicyclic) bond motifs is 1. The highest BCUT2D eigenvalue weighted by Crippen LogP contribution is 2.21. The summed E-state index contributed by atoms with van der Waals surface area (Å²) in [5.74, 6) is -0.625. The predicted octanol–water partition coefficient (Wildman–Crippen LogP) is 1.66. The van der Waals surface area contributed by atoms with Crippen molar-refractivity contribution in [2.75, 3.05) is 37.6 Å². The Labute approximate surface area is 181 Å². The fourth-order valence-corrected chi connectivity index (χ4v) is 4.05. The first-order chi connectivity index (χ1) is 15.0. The second-order valence-electron chi connectivity index (χ2n) is 7.87. The molecule has 0 bridgehead atoms. The standard InChI is InChI=1S/C23H27FN6O/c1-4-28-11-13-29(14-12-28)20-9-8-18(15-19(20)24)16(2)26-27-23(31)22-17(3)25-21-7-5-6-10-30(21)22/h5-10,15H,4,11-14H2,1-3H3,(H,27,31)/p+1/b26-16-. The number of nitrogens with zero attached hydrogens (tertiary/aromatic N) is 4. The summed E-state index contributed by atoms with van der Waals surface area (Å²) in [4.78, 5) is 20.7. The molecule has 7 nitrogen and oxygen atoms in total. The number of quaternary nitrogens is 1. The fourth-order valence-electron chi connectivity index (χ4n) is 4.05. The van der Waals surface area contributed by atoms with Crippen LogP contribution in [0.15, 0.2) is 47.7 Å². The van der Waals surface area contributed by atoms with E-state index in [4.69, 9.17) is 0 Å². The van der Waals surface area contributed by atoms with Crippen molar-refractivity contribution in [2.24, 2.45) is 5.10 Å². The first-order valence-electron chi connectivity index (χ1n) is 10.6. The van der Waals surface area contributed by atoms with Gasteiger partial charge in [-0.2, -0.15) is 5.10 Å². The summed E-state index contributed by atoms with van der Waals surface area (Å²) >= 11 is 0. The van der Waals surface area contributed by atoms with E-state index in [1.165, 1.54) is 6.07 Å². The number of carbonyl (C=O) groups excluding carboxylic acids is 1. The molecule has 0 radical (unpaired) electrons. The summed E-state index contributed by atoms with van der Waals surface area (Å²) in [5, 5.41) is 4.19. The minimum atomic E-state index is -0.357. The summed E-state index contributed by atoms with van der Waals surface area (Å²) in [6, 6.07) is 10.7. The average molecular weight is 424 g/mol. The van der Waals surface area contributed by atoms with Crippen LogP contribution in [0.5, 0.6) is 0 Å².